The predicted octanol–water partition coefficient (Wildman–Crippen LogP) is 6.09. The number of benzene rings is 2. The second-order valence-corrected chi connectivity index (χ2v) is 9.20. The van der Waals surface area contributed by atoms with E-state index in [1.54, 1.807) is 42.2 Å². The average Bonchev–Trinajstić information content (AvgIpc) is 2.71. The summed E-state index contributed by atoms with van der Waals surface area (Å²) in [5.41, 5.74) is 1.76. The van der Waals surface area contributed by atoms with Crippen LogP contribution >= 0.6 is 58.2 Å². The quantitative estimate of drug-likeness (QED) is 0.447. The Kier molecular flexibility index (Phi) is 10.1. The van der Waals surface area contributed by atoms with Gasteiger partial charge in [0, 0.05) is 18.8 Å². The lowest BCUT2D eigenvalue weighted by Gasteiger charge is -2.28. The maximum absolute atomic E-state index is 13.0. The van der Waals surface area contributed by atoms with Crippen molar-refractivity contribution in [2.45, 2.75) is 32.2 Å². The zero-order chi connectivity index (χ0) is 22.3. The van der Waals surface area contributed by atoms with E-state index in [1.807, 2.05) is 13.0 Å². The highest BCUT2D eigenvalue weighted by Crippen LogP contribution is 2.26. The number of rotatable bonds is 9. The Morgan fingerprint density at radius 3 is 2.10 bits per heavy atom. The molecule has 30 heavy (non-hydrogen) atoms. The van der Waals surface area contributed by atoms with Crippen molar-refractivity contribution in [2.75, 3.05) is 12.3 Å². The van der Waals surface area contributed by atoms with Gasteiger partial charge in [0.2, 0.25) is 11.8 Å². The van der Waals surface area contributed by atoms with Crippen LogP contribution in [-0.4, -0.2) is 35.1 Å². The van der Waals surface area contributed by atoms with Crippen LogP contribution in [0.15, 0.2) is 36.4 Å². The number of likely N-dealkylation sites (N-methyl/N-ethyl adjacent to an activating group) is 1. The average molecular weight is 508 g/mol. The van der Waals surface area contributed by atoms with Gasteiger partial charge in [-0.25, -0.2) is 0 Å². The minimum atomic E-state index is -0.627. The minimum absolute atomic E-state index is 0.148. The third-order valence-corrected chi connectivity index (χ3v) is 6.80. The smallest absolute Gasteiger partial charge is 0.242 e. The highest BCUT2D eigenvalue weighted by molar-refractivity contribution is 7.99. The van der Waals surface area contributed by atoms with E-state index in [9.17, 15) is 9.59 Å². The van der Waals surface area contributed by atoms with Gasteiger partial charge in [-0.05, 0) is 49.2 Å². The molecule has 0 unspecified atom stereocenters. The molecular formula is C21H22Cl4N2O2S. The molecule has 2 rings (SSSR count). The first-order chi connectivity index (χ1) is 14.2. The molecule has 2 amide bonds. The van der Waals surface area contributed by atoms with Gasteiger partial charge in [0.15, 0.2) is 0 Å². The maximum atomic E-state index is 13.0. The standard InChI is InChI=1S/C21H22Cl4N2O2S/c1-3-26-21(29)13(2)27(10-14-4-6-16(22)18(24)8-14)20(28)12-30-11-15-5-7-17(23)19(25)9-15/h4-9,13H,3,10-12H2,1-2H3,(H,26,29)/t13-/m1/s1. The Morgan fingerprint density at radius 1 is 0.967 bits per heavy atom. The first-order valence-corrected chi connectivity index (χ1v) is 11.9. The van der Waals surface area contributed by atoms with E-state index in [0.29, 0.717) is 32.4 Å². The minimum Gasteiger partial charge on any atom is -0.355 e. The van der Waals surface area contributed by atoms with Crippen molar-refractivity contribution in [3.8, 4) is 0 Å². The Morgan fingerprint density at radius 2 is 1.53 bits per heavy atom. The van der Waals surface area contributed by atoms with Gasteiger partial charge in [0.05, 0.1) is 25.8 Å². The lowest BCUT2D eigenvalue weighted by atomic mass is 10.1. The van der Waals surface area contributed by atoms with E-state index in [0.717, 1.165) is 11.1 Å². The molecule has 0 bridgehead atoms. The first-order valence-electron chi connectivity index (χ1n) is 9.25. The molecule has 2 aromatic rings. The molecule has 0 radical (unpaired) electrons. The SMILES string of the molecule is CCNC(=O)[C@@H](C)N(Cc1ccc(Cl)c(Cl)c1)C(=O)CSCc1ccc(Cl)c(Cl)c1. The third kappa shape index (κ3) is 7.24. The number of nitrogens with one attached hydrogen (secondary N) is 1. The highest BCUT2D eigenvalue weighted by Gasteiger charge is 2.25. The van der Waals surface area contributed by atoms with Gasteiger partial charge in [0.1, 0.15) is 6.04 Å². The van der Waals surface area contributed by atoms with Crippen molar-refractivity contribution in [3.63, 3.8) is 0 Å². The molecule has 0 fully saturated rings. The van der Waals surface area contributed by atoms with Gasteiger partial charge < -0.3 is 10.2 Å². The number of hydrogen-bond acceptors (Lipinski definition) is 3. The van der Waals surface area contributed by atoms with Crippen molar-refractivity contribution < 1.29 is 9.59 Å². The summed E-state index contributed by atoms with van der Waals surface area (Å²) in [5, 5.41) is 4.58. The Labute approximate surface area is 201 Å². The fraction of sp³-hybridized carbons (Fsp3) is 0.333. The zero-order valence-electron chi connectivity index (χ0n) is 16.6. The molecule has 0 aliphatic rings. The van der Waals surface area contributed by atoms with Gasteiger partial charge >= 0.3 is 0 Å². The van der Waals surface area contributed by atoms with Crippen molar-refractivity contribution in [3.05, 3.63) is 67.6 Å². The van der Waals surface area contributed by atoms with Crippen molar-refractivity contribution in [1.82, 2.24) is 10.2 Å². The van der Waals surface area contributed by atoms with Crippen LogP contribution in [0.25, 0.3) is 0 Å². The lowest BCUT2D eigenvalue weighted by molar-refractivity contribution is -0.138. The van der Waals surface area contributed by atoms with Crippen molar-refractivity contribution in [2.24, 2.45) is 0 Å². The number of carbonyl (C=O) groups is 2. The summed E-state index contributed by atoms with van der Waals surface area (Å²) in [4.78, 5) is 26.9. The normalized spacial score (nSPS) is 11.8. The number of halogens is 4. The van der Waals surface area contributed by atoms with Crippen LogP contribution in [0.4, 0.5) is 0 Å². The highest BCUT2D eigenvalue weighted by atomic mass is 35.5. The summed E-state index contributed by atoms with van der Waals surface area (Å²) in [7, 11) is 0. The van der Waals surface area contributed by atoms with Crippen LogP contribution in [0.2, 0.25) is 20.1 Å². The van der Waals surface area contributed by atoms with E-state index in [4.69, 9.17) is 46.4 Å². The van der Waals surface area contributed by atoms with Crippen molar-refractivity contribution in [1.29, 1.82) is 0 Å². The summed E-state index contributed by atoms with van der Waals surface area (Å²) >= 11 is 25.5. The summed E-state index contributed by atoms with van der Waals surface area (Å²) in [6, 6.07) is 9.94. The fourth-order valence-corrected chi connectivity index (χ4v) is 4.21. The molecule has 1 N–H and O–H groups in total. The van der Waals surface area contributed by atoms with Gasteiger partial charge in [0.25, 0.3) is 0 Å². The monoisotopic (exact) mass is 506 g/mol. The first kappa shape index (κ1) is 25.2. The maximum Gasteiger partial charge on any atom is 0.242 e. The van der Waals surface area contributed by atoms with Gasteiger partial charge in [-0.3, -0.25) is 9.59 Å². The van der Waals surface area contributed by atoms with E-state index in [-0.39, 0.29) is 24.1 Å². The van der Waals surface area contributed by atoms with Crippen LogP contribution in [0.3, 0.4) is 0 Å². The van der Waals surface area contributed by atoms with Crippen molar-refractivity contribution >= 4 is 70.0 Å². The molecule has 0 aliphatic heterocycles. The number of hydrogen-bond donors (Lipinski definition) is 1. The molecule has 162 valence electrons. The largest absolute Gasteiger partial charge is 0.355 e. The Bertz CT molecular complexity index is 911. The number of carbonyl (C=O) groups excluding carboxylic acids is 2. The van der Waals surface area contributed by atoms with Crippen LogP contribution in [0, 0.1) is 0 Å². The topological polar surface area (TPSA) is 49.4 Å². The van der Waals surface area contributed by atoms with Gasteiger partial charge in [-0.1, -0.05) is 58.5 Å². The summed E-state index contributed by atoms with van der Waals surface area (Å²) in [6.07, 6.45) is 0. The van der Waals surface area contributed by atoms with Gasteiger partial charge in [-0.2, -0.15) is 0 Å². The molecule has 2 aromatic carbocycles. The Hall–Kier alpha value is -1.11. The molecule has 4 nitrogen and oxygen atoms in total. The molecule has 9 heteroatoms. The van der Waals surface area contributed by atoms with Crippen LogP contribution in [-0.2, 0) is 21.9 Å². The second-order valence-electron chi connectivity index (χ2n) is 6.58. The molecule has 0 heterocycles. The van der Waals surface area contributed by atoms with E-state index in [2.05, 4.69) is 5.32 Å². The fourth-order valence-electron chi connectivity index (χ4n) is 2.71. The summed E-state index contributed by atoms with van der Waals surface area (Å²) in [5.74, 6) is 0.453. The molecule has 0 saturated carbocycles. The van der Waals surface area contributed by atoms with E-state index < -0.39 is 6.04 Å². The Balaban J connectivity index is 2.09. The molecule has 0 saturated heterocycles. The molecule has 0 aliphatic carbocycles. The third-order valence-electron chi connectivity index (χ3n) is 4.33. The number of amides is 2. The molecule has 0 spiro atoms. The molecule has 1 atom stereocenters. The molecular weight excluding hydrogens is 486 g/mol. The van der Waals surface area contributed by atoms with Crippen LogP contribution in [0.1, 0.15) is 25.0 Å². The summed E-state index contributed by atoms with van der Waals surface area (Å²) < 4.78 is 0. The second kappa shape index (κ2) is 12.1. The number of thioether (sulfide) groups is 1. The predicted molar refractivity (Wildman–Crippen MR) is 128 cm³/mol. The van der Waals surface area contributed by atoms with E-state index >= 15 is 0 Å². The summed E-state index contributed by atoms with van der Waals surface area (Å²) in [6.45, 7) is 4.29. The van der Waals surface area contributed by atoms with Crippen LogP contribution < -0.4 is 5.32 Å². The van der Waals surface area contributed by atoms with E-state index in [1.165, 1.54) is 11.8 Å². The number of nitrogens with zero attached hydrogens (tertiary/aromatic N) is 1. The molecule has 0 aromatic heterocycles. The zero-order valence-corrected chi connectivity index (χ0v) is 20.4. The van der Waals surface area contributed by atoms with Crippen LogP contribution in [0.5, 0.6) is 0 Å². The van der Waals surface area contributed by atoms with Gasteiger partial charge in [-0.15, -0.1) is 11.8 Å². The lowest BCUT2D eigenvalue weighted by Crippen LogP contribution is -2.48.